The van der Waals surface area contributed by atoms with E-state index in [0.717, 1.165) is 44.3 Å². The number of hydrogen-bond acceptors (Lipinski definition) is 7. The number of ether oxygens (including phenoxy) is 3. The van der Waals surface area contributed by atoms with E-state index in [1.54, 1.807) is 12.1 Å². The SMILES string of the molecule is COc1c(OCCCN2CCCC(C)C2)ccc2c(Oc3ccc(NS(=O)(=O)c4ccccc4C(F)(F)F)cc3F)ccnc12. The molecule has 1 aromatic heterocycles. The molecular weight excluding hydrogens is 614 g/mol. The molecule has 1 N–H and O–H groups in total. The zero-order valence-electron chi connectivity index (χ0n) is 24.7. The van der Waals surface area contributed by atoms with Gasteiger partial charge in [0.2, 0.25) is 0 Å². The van der Waals surface area contributed by atoms with Crippen molar-refractivity contribution in [3.8, 4) is 23.0 Å². The number of pyridine rings is 1. The van der Waals surface area contributed by atoms with E-state index in [9.17, 15) is 21.6 Å². The number of aromatic nitrogens is 1. The summed E-state index contributed by atoms with van der Waals surface area (Å²) in [6.07, 6.45) is -0.0964. The summed E-state index contributed by atoms with van der Waals surface area (Å²) in [6.45, 7) is 5.91. The van der Waals surface area contributed by atoms with Gasteiger partial charge in [-0.05, 0) is 74.2 Å². The molecule has 2 heterocycles. The highest BCUT2D eigenvalue weighted by molar-refractivity contribution is 7.92. The Bertz CT molecular complexity index is 1770. The molecule has 5 rings (SSSR count). The van der Waals surface area contributed by atoms with E-state index in [1.165, 1.54) is 50.4 Å². The molecule has 13 heteroatoms. The van der Waals surface area contributed by atoms with Crippen LogP contribution in [0.15, 0.2) is 71.8 Å². The van der Waals surface area contributed by atoms with Crippen LogP contribution in [0.5, 0.6) is 23.0 Å². The molecule has 1 fully saturated rings. The largest absolute Gasteiger partial charge is 0.491 e. The number of likely N-dealkylation sites (tertiary alicyclic amines) is 1. The van der Waals surface area contributed by atoms with Crippen molar-refractivity contribution in [3.05, 3.63) is 78.2 Å². The van der Waals surface area contributed by atoms with E-state index >= 15 is 4.39 Å². The topological polar surface area (TPSA) is 90.0 Å². The predicted octanol–water partition coefficient (Wildman–Crippen LogP) is 7.50. The van der Waals surface area contributed by atoms with E-state index in [4.69, 9.17) is 14.2 Å². The molecule has 0 amide bonds. The first-order valence-corrected chi connectivity index (χ1v) is 15.9. The van der Waals surface area contributed by atoms with Crippen LogP contribution in [0, 0.1) is 11.7 Å². The second-order valence-corrected chi connectivity index (χ2v) is 12.5. The third-order valence-electron chi connectivity index (χ3n) is 7.50. The molecule has 0 spiro atoms. The van der Waals surface area contributed by atoms with Crippen LogP contribution < -0.4 is 18.9 Å². The van der Waals surface area contributed by atoms with Gasteiger partial charge in [-0.15, -0.1) is 0 Å². The van der Waals surface area contributed by atoms with Gasteiger partial charge in [-0.1, -0.05) is 19.1 Å². The number of nitrogens with zero attached hydrogens (tertiary/aromatic N) is 2. The molecule has 0 aliphatic carbocycles. The third kappa shape index (κ3) is 7.59. The summed E-state index contributed by atoms with van der Waals surface area (Å²) >= 11 is 0. The highest BCUT2D eigenvalue weighted by atomic mass is 32.2. The molecule has 4 aromatic rings. The number of alkyl halides is 3. The van der Waals surface area contributed by atoms with Crippen molar-refractivity contribution in [2.45, 2.75) is 37.3 Å². The van der Waals surface area contributed by atoms with Crippen molar-refractivity contribution in [1.82, 2.24) is 9.88 Å². The van der Waals surface area contributed by atoms with E-state index in [0.29, 0.717) is 41.0 Å². The number of anilines is 1. The number of rotatable bonds is 11. The monoisotopic (exact) mass is 647 g/mol. The third-order valence-corrected chi connectivity index (χ3v) is 8.94. The summed E-state index contributed by atoms with van der Waals surface area (Å²) < 4.78 is 100. The van der Waals surface area contributed by atoms with Crippen LogP contribution in [0.25, 0.3) is 10.9 Å². The second kappa shape index (κ2) is 13.5. The van der Waals surface area contributed by atoms with E-state index in [-0.39, 0.29) is 17.2 Å². The maximum Gasteiger partial charge on any atom is 0.417 e. The Hall–Kier alpha value is -4.10. The van der Waals surface area contributed by atoms with Crippen molar-refractivity contribution >= 4 is 26.6 Å². The van der Waals surface area contributed by atoms with E-state index in [1.807, 2.05) is 4.72 Å². The number of hydrogen-bond donors (Lipinski definition) is 1. The molecule has 0 bridgehead atoms. The Kier molecular flexibility index (Phi) is 9.68. The van der Waals surface area contributed by atoms with Gasteiger partial charge in [-0.3, -0.25) is 9.71 Å². The Balaban J connectivity index is 1.30. The van der Waals surface area contributed by atoms with Gasteiger partial charge in [0.1, 0.15) is 11.3 Å². The molecule has 1 atom stereocenters. The minimum absolute atomic E-state index is 0.243. The first-order valence-electron chi connectivity index (χ1n) is 14.4. The number of piperidine rings is 1. The quantitative estimate of drug-likeness (QED) is 0.133. The molecule has 0 saturated carbocycles. The van der Waals surface area contributed by atoms with E-state index in [2.05, 4.69) is 16.8 Å². The van der Waals surface area contributed by atoms with Crippen LogP contribution in [-0.2, 0) is 16.2 Å². The molecule has 0 radical (unpaired) electrons. The summed E-state index contributed by atoms with van der Waals surface area (Å²) in [6, 6.07) is 11.9. The Labute approximate surface area is 259 Å². The number of sulfonamides is 1. The second-order valence-electron chi connectivity index (χ2n) is 10.9. The average molecular weight is 648 g/mol. The number of benzene rings is 3. The summed E-state index contributed by atoms with van der Waals surface area (Å²) in [5, 5.41) is 0.511. The Morgan fingerprint density at radius 1 is 1.04 bits per heavy atom. The van der Waals surface area contributed by atoms with Gasteiger partial charge in [0.15, 0.2) is 23.1 Å². The fourth-order valence-electron chi connectivity index (χ4n) is 5.42. The lowest BCUT2D eigenvalue weighted by Gasteiger charge is -2.30. The van der Waals surface area contributed by atoms with Gasteiger partial charge in [-0.2, -0.15) is 13.2 Å². The number of methoxy groups -OCH3 is 1. The van der Waals surface area contributed by atoms with E-state index < -0.39 is 32.5 Å². The first kappa shape index (κ1) is 32.3. The van der Waals surface area contributed by atoms with Crippen LogP contribution in [0.4, 0.5) is 23.2 Å². The van der Waals surface area contributed by atoms with Crippen LogP contribution in [0.2, 0.25) is 0 Å². The normalized spacial score (nSPS) is 16.0. The molecule has 8 nitrogen and oxygen atoms in total. The van der Waals surface area contributed by atoms with Gasteiger partial charge in [0.25, 0.3) is 10.0 Å². The van der Waals surface area contributed by atoms with Gasteiger partial charge >= 0.3 is 6.18 Å². The highest BCUT2D eigenvalue weighted by Crippen LogP contribution is 2.40. The van der Waals surface area contributed by atoms with Gasteiger partial charge in [-0.25, -0.2) is 12.8 Å². The molecule has 1 saturated heterocycles. The zero-order valence-corrected chi connectivity index (χ0v) is 25.6. The fraction of sp³-hybridized carbons (Fsp3) is 0.344. The lowest BCUT2D eigenvalue weighted by molar-refractivity contribution is -0.139. The minimum Gasteiger partial charge on any atom is -0.491 e. The Morgan fingerprint density at radius 3 is 2.56 bits per heavy atom. The predicted molar refractivity (Wildman–Crippen MR) is 162 cm³/mol. The highest BCUT2D eigenvalue weighted by Gasteiger charge is 2.37. The van der Waals surface area contributed by atoms with Gasteiger partial charge in [0, 0.05) is 30.7 Å². The molecule has 240 valence electrons. The summed E-state index contributed by atoms with van der Waals surface area (Å²) in [4.78, 5) is 5.89. The zero-order chi connectivity index (χ0) is 32.2. The fourth-order valence-corrected chi connectivity index (χ4v) is 6.70. The number of halogens is 4. The van der Waals surface area contributed by atoms with Crippen molar-refractivity contribution < 1.29 is 40.2 Å². The van der Waals surface area contributed by atoms with Crippen LogP contribution in [0.3, 0.4) is 0 Å². The smallest absolute Gasteiger partial charge is 0.417 e. The lowest BCUT2D eigenvalue weighted by atomic mass is 10.0. The molecule has 1 aliphatic rings. The first-order chi connectivity index (χ1) is 21.5. The molecule has 1 unspecified atom stereocenters. The minimum atomic E-state index is -4.90. The summed E-state index contributed by atoms with van der Waals surface area (Å²) in [7, 11) is -3.19. The summed E-state index contributed by atoms with van der Waals surface area (Å²) in [5.74, 6) is 0.671. The number of fused-ring (bicyclic) bond motifs is 1. The lowest BCUT2D eigenvalue weighted by Crippen LogP contribution is -2.35. The van der Waals surface area contributed by atoms with Crippen LogP contribution in [-0.4, -0.2) is 51.7 Å². The average Bonchev–Trinajstić information content (AvgIpc) is 3.00. The van der Waals surface area contributed by atoms with Crippen LogP contribution in [0.1, 0.15) is 31.7 Å². The maximum atomic E-state index is 15.1. The maximum absolute atomic E-state index is 15.1. The van der Waals surface area contributed by atoms with Gasteiger partial charge < -0.3 is 19.1 Å². The van der Waals surface area contributed by atoms with Crippen molar-refractivity contribution in [3.63, 3.8) is 0 Å². The van der Waals surface area contributed by atoms with Crippen molar-refractivity contribution in [1.29, 1.82) is 0 Å². The van der Waals surface area contributed by atoms with Crippen molar-refractivity contribution in [2.24, 2.45) is 5.92 Å². The van der Waals surface area contributed by atoms with Gasteiger partial charge in [0.05, 0.1) is 29.9 Å². The number of nitrogens with one attached hydrogen (secondary N) is 1. The molecule has 45 heavy (non-hydrogen) atoms. The summed E-state index contributed by atoms with van der Waals surface area (Å²) in [5.41, 5.74) is -1.18. The van der Waals surface area contributed by atoms with Crippen molar-refractivity contribution in [2.75, 3.05) is 38.1 Å². The standard InChI is InChI=1S/C32H33F4N3O5S/c1-21-7-5-16-39(20-21)17-6-18-43-28-13-11-23-26(14-15-37-30(23)31(28)42-2)44-27-12-10-22(19-25(27)33)38-45(40,41)29-9-4-3-8-24(29)32(34,35)36/h3-4,8-15,19,21,38H,5-7,16-18,20H2,1-2H3. The molecule has 3 aromatic carbocycles. The molecular formula is C32H33F4N3O5S. The molecule has 1 aliphatic heterocycles. The Morgan fingerprint density at radius 2 is 1.82 bits per heavy atom. The van der Waals surface area contributed by atoms with Crippen LogP contribution >= 0.6 is 0 Å².